The number of nitrogens with one attached hydrogen (secondary N) is 1. The maximum absolute atomic E-state index is 13.3. The molecule has 0 saturated heterocycles. The summed E-state index contributed by atoms with van der Waals surface area (Å²) < 4.78 is 1.67. The summed E-state index contributed by atoms with van der Waals surface area (Å²) in [6.07, 6.45) is 0.947. The van der Waals surface area contributed by atoms with Crippen molar-refractivity contribution in [2.45, 2.75) is 39.8 Å². The summed E-state index contributed by atoms with van der Waals surface area (Å²) in [5.41, 5.74) is 2.53. The van der Waals surface area contributed by atoms with Crippen LogP contribution in [0.3, 0.4) is 0 Å². The van der Waals surface area contributed by atoms with Gasteiger partial charge in [-0.25, -0.2) is 9.78 Å². The molecule has 2 aromatic carbocycles. The maximum Gasteiger partial charge on any atom is 0.322 e. The Bertz CT molecular complexity index is 1120. The number of carbonyl (C=O) groups is 1. The summed E-state index contributed by atoms with van der Waals surface area (Å²) >= 11 is 0. The van der Waals surface area contributed by atoms with E-state index in [9.17, 15) is 9.59 Å². The van der Waals surface area contributed by atoms with Gasteiger partial charge in [-0.3, -0.25) is 9.36 Å². The first kappa shape index (κ1) is 23.5. The second kappa shape index (κ2) is 10.4. The minimum atomic E-state index is -0.387. The zero-order valence-corrected chi connectivity index (χ0v) is 19.6. The van der Waals surface area contributed by atoms with Crippen molar-refractivity contribution < 1.29 is 4.79 Å². The molecule has 1 aromatic heterocycles. The number of rotatable bonds is 8. The number of hydrogen-bond donors (Lipinski definition) is 1. The Kier molecular flexibility index (Phi) is 7.64. The minimum Gasteiger partial charge on any atom is -0.313 e. The molecule has 0 saturated carbocycles. The van der Waals surface area contributed by atoms with E-state index in [1.165, 1.54) is 5.56 Å². The Morgan fingerprint density at radius 3 is 2.38 bits per heavy atom. The lowest BCUT2D eigenvalue weighted by atomic mass is 10.1. The Labute approximate surface area is 189 Å². The van der Waals surface area contributed by atoms with Gasteiger partial charge in [0.25, 0.3) is 5.56 Å². The number of likely N-dealkylation sites (N-methyl/N-ethyl adjacent to an activating group) is 1. The Hall–Kier alpha value is -3.19. The average Bonchev–Trinajstić information content (AvgIpc) is 2.79. The topological polar surface area (TPSA) is 70.5 Å². The number of fused-ring (bicyclic) bond motifs is 1. The smallest absolute Gasteiger partial charge is 0.313 e. The number of hydrogen-bond acceptors (Lipinski definition) is 4. The fourth-order valence-corrected chi connectivity index (χ4v) is 3.75. The lowest BCUT2D eigenvalue weighted by Gasteiger charge is -2.31. The van der Waals surface area contributed by atoms with Crippen molar-refractivity contribution >= 4 is 22.6 Å². The summed E-state index contributed by atoms with van der Waals surface area (Å²) in [6.45, 7) is 7.63. The zero-order chi connectivity index (χ0) is 23.3. The second-order valence-electron chi connectivity index (χ2n) is 8.19. The zero-order valence-electron chi connectivity index (χ0n) is 19.6. The van der Waals surface area contributed by atoms with Crippen molar-refractivity contribution in [2.75, 3.05) is 32.5 Å². The van der Waals surface area contributed by atoms with E-state index in [1.807, 2.05) is 75.3 Å². The molecule has 1 unspecified atom stereocenters. The molecule has 0 aliphatic heterocycles. The highest BCUT2D eigenvalue weighted by Crippen LogP contribution is 2.21. The maximum atomic E-state index is 13.3. The highest BCUT2D eigenvalue weighted by molar-refractivity contribution is 5.89. The first-order chi connectivity index (χ1) is 15.3. The van der Waals surface area contributed by atoms with Crippen LogP contribution in [0, 0.1) is 0 Å². The molecule has 3 rings (SSSR count). The number of benzene rings is 2. The average molecular weight is 436 g/mol. The molecule has 0 aliphatic carbocycles. The van der Waals surface area contributed by atoms with Crippen LogP contribution in [0.5, 0.6) is 0 Å². The van der Waals surface area contributed by atoms with Crippen LogP contribution in [0.25, 0.3) is 10.9 Å². The van der Waals surface area contributed by atoms with Gasteiger partial charge in [-0.05, 0) is 64.2 Å². The van der Waals surface area contributed by atoms with Crippen molar-refractivity contribution in [2.24, 2.45) is 0 Å². The van der Waals surface area contributed by atoms with Gasteiger partial charge in [0.15, 0.2) is 0 Å². The van der Waals surface area contributed by atoms with Gasteiger partial charge in [0.05, 0.1) is 16.9 Å². The number of anilines is 1. The van der Waals surface area contributed by atoms with Gasteiger partial charge in [-0.1, -0.05) is 31.2 Å². The van der Waals surface area contributed by atoms with Gasteiger partial charge in [-0.15, -0.1) is 0 Å². The molecular formula is C25H33N5O2. The van der Waals surface area contributed by atoms with Gasteiger partial charge >= 0.3 is 6.03 Å². The number of nitrogens with zero attached hydrogens (tertiary/aromatic N) is 4. The van der Waals surface area contributed by atoms with Crippen molar-refractivity contribution in [1.29, 1.82) is 0 Å². The predicted octanol–water partition coefficient (Wildman–Crippen LogP) is 4.14. The molecule has 170 valence electrons. The van der Waals surface area contributed by atoms with Gasteiger partial charge in [0.1, 0.15) is 5.82 Å². The molecule has 3 aromatic rings. The van der Waals surface area contributed by atoms with Gasteiger partial charge in [0, 0.05) is 25.3 Å². The molecule has 1 heterocycles. The van der Waals surface area contributed by atoms with Gasteiger partial charge in [-0.2, -0.15) is 0 Å². The fourth-order valence-electron chi connectivity index (χ4n) is 3.75. The van der Waals surface area contributed by atoms with Crippen LogP contribution in [0.2, 0.25) is 0 Å². The molecular weight excluding hydrogens is 402 g/mol. The predicted molar refractivity (Wildman–Crippen MR) is 130 cm³/mol. The molecule has 7 heteroatoms. The molecule has 32 heavy (non-hydrogen) atoms. The summed E-state index contributed by atoms with van der Waals surface area (Å²) in [5.74, 6) is 0.589. The van der Waals surface area contributed by atoms with Crippen LogP contribution in [0.15, 0.2) is 53.3 Å². The summed E-state index contributed by atoms with van der Waals surface area (Å²) in [7, 11) is 3.95. The van der Waals surface area contributed by atoms with Crippen LogP contribution in [-0.2, 0) is 13.0 Å². The number of urea groups is 1. The van der Waals surface area contributed by atoms with Crippen molar-refractivity contribution in [3.63, 3.8) is 0 Å². The van der Waals surface area contributed by atoms with E-state index in [2.05, 4.69) is 12.2 Å². The van der Waals surface area contributed by atoms with E-state index < -0.39 is 0 Å². The van der Waals surface area contributed by atoms with E-state index in [0.29, 0.717) is 36.4 Å². The third-order valence-electron chi connectivity index (χ3n) is 5.71. The van der Waals surface area contributed by atoms with E-state index >= 15 is 0 Å². The Balaban J connectivity index is 1.97. The molecule has 2 amide bonds. The third-order valence-corrected chi connectivity index (χ3v) is 5.71. The third kappa shape index (κ3) is 5.16. The van der Waals surface area contributed by atoms with Crippen molar-refractivity contribution in [3.8, 4) is 0 Å². The Morgan fingerprint density at radius 1 is 1.06 bits per heavy atom. The molecule has 1 atom stereocenters. The van der Waals surface area contributed by atoms with Crippen LogP contribution in [-0.4, -0.2) is 52.6 Å². The van der Waals surface area contributed by atoms with E-state index in [0.717, 1.165) is 12.1 Å². The summed E-state index contributed by atoms with van der Waals surface area (Å²) in [5, 5.41) is 3.60. The van der Waals surface area contributed by atoms with Crippen molar-refractivity contribution in [3.05, 3.63) is 70.3 Å². The van der Waals surface area contributed by atoms with Crippen molar-refractivity contribution in [1.82, 2.24) is 19.4 Å². The van der Waals surface area contributed by atoms with Gasteiger partial charge < -0.3 is 15.1 Å². The lowest BCUT2D eigenvalue weighted by Crippen LogP contribution is -2.43. The van der Waals surface area contributed by atoms with Gasteiger partial charge in [0.2, 0.25) is 0 Å². The van der Waals surface area contributed by atoms with E-state index in [-0.39, 0.29) is 17.6 Å². The number of para-hydroxylation sites is 1. The van der Waals surface area contributed by atoms with Crippen LogP contribution in [0.1, 0.15) is 38.2 Å². The van der Waals surface area contributed by atoms with E-state index in [1.54, 1.807) is 15.5 Å². The summed E-state index contributed by atoms with van der Waals surface area (Å²) in [6, 6.07) is 14.6. The molecule has 7 nitrogen and oxygen atoms in total. The van der Waals surface area contributed by atoms with E-state index in [4.69, 9.17) is 4.98 Å². The van der Waals surface area contributed by atoms with Crippen LogP contribution >= 0.6 is 0 Å². The highest BCUT2D eigenvalue weighted by Gasteiger charge is 2.26. The first-order valence-corrected chi connectivity index (χ1v) is 11.2. The summed E-state index contributed by atoms with van der Waals surface area (Å²) in [4.78, 5) is 35.0. The molecule has 0 spiro atoms. The molecule has 0 radical (unpaired) electrons. The second-order valence-corrected chi connectivity index (χ2v) is 8.19. The standard InChI is InChI=1S/C25H33N5O2/c1-6-19-12-14-20(15-13-19)26-25(32)30(17-16-28(4)5)18(3)23-27-22-11-9-8-10-21(22)24(31)29(23)7-2/h8-15,18H,6-7,16-17H2,1-5H3,(H,26,32). The van der Waals surface area contributed by atoms with Crippen LogP contribution in [0.4, 0.5) is 10.5 Å². The minimum absolute atomic E-state index is 0.0805. The number of aryl methyl sites for hydroxylation is 1. The van der Waals surface area contributed by atoms with Crippen LogP contribution < -0.4 is 10.9 Å². The lowest BCUT2D eigenvalue weighted by molar-refractivity contribution is 0.180. The molecule has 1 N–H and O–H groups in total. The SMILES string of the molecule is CCc1ccc(NC(=O)N(CCN(C)C)C(C)c2nc3ccccc3c(=O)n2CC)cc1. The molecule has 0 bridgehead atoms. The fraction of sp³-hybridized carbons (Fsp3) is 0.400. The Morgan fingerprint density at radius 2 is 1.75 bits per heavy atom. The molecule has 0 fully saturated rings. The number of carbonyl (C=O) groups excluding carboxylic acids is 1. The monoisotopic (exact) mass is 435 g/mol. The quantitative estimate of drug-likeness (QED) is 0.577. The molecule has 0 aliphatic rings. The number of amides is 2. The number of aromatic nitrogens is 2. The normalized spacial score (nSPS) is 12.2. The largest absolute Gasteiger partial charge is 0.322 e. The first-order valence-electron chi connectivity index (χ1n) is 11.2. The highest BCUT2D eigenvalue weighted by atomic mass is 16.2.